The van der Waals surface area contributed by atoms with Gasteiger partial charge in [0.2, 0.25) is 5.91 Å². The van der Waals surface area contributed by atoms with Gasteiger partial charge in [0.05, 0.1) is 10.5 Å². The summed E-state index contributed by atoms with van der Waals surface area (Å²) >= 11 is 0. The molecule has 2 aliphatic rings. The highest BCUT2D eigenvalue weighted by atomic mass is 19.4. The van der Waals surface area contributed by atoms with Crippen LogP contribution >= 0.6 is 0 Å². The van der Waals surface area contributed by atoms with Crippen molar-refractivity contribution in [2.75, 3.05) is 45.2 Å². The number of likely N-dealkylation sites (tertiary alicyclic amines) is 1. The van der Waals surface area contributed by atoms with Crippen LogP contribution in [0.25, 0.3) is 0 Å². The maximum atomic E-state index is 12.9. The van der Waals surface area contributed by atoms with E-state index in [1.54, 1.807) is 4.90 Å². The summed E-state index contributed by atoms with van der Waals surface area (Å²) < 4.78 is 38.7. The quantitative estimate of drug-likeness (QED) is 0.543. The Morgan fingerprint density at radius 2 is 1.73 bits per heavy atom. The van der Waals surface area contributed by atoms with E-state index in [2.05, 4.69) is 11.9 Å². The number of benzene rings is 1. The Morgan fingerprint density at radius 1 is 1.13 bits per heavy atom. The maximum Gasteiger partial charge on any atom is 0.416 e. The van der Waals surface area contributed by atoms with Gasteiger partial charge in [-0.2, -0.15) is 13.2 Å². The second kappa shape index (κ2) is 8.79. The Morgan fingerprint density at radius 3 is 2.27 bits per heavy atom. The Hall–Kier alpha value is -2.36. The topological polar surface area (TPSA) is 69.9 Å². The minimum absolute atomic E-state index is 0.0890. The van der Waals surface area contributed by atoms with E-state index in [0.29, 0.717) is 32.0 Å². The lowest BCUT2D eigenvalue weighted by Gasteiger charge is -2.39. The molecule has 2 fully saturated rings. The van der Waals surface area contributed by atoms with E-state index in [1.807, 2.05) is 11.9 Å². The fourth-order valence-corrected chi connectivity index (χ4v) is 4.33. The molecule has 0 radical (unpaired) electrons. The van der Waals surface area contributed by atoms with Crippen molar-refractivity contribution in [2.45, 2.75) is 37.9 Å². The van der Waals surface area contributed by atoms with Gasteiger partial charge in [0.1, 0.15) is 5.69 Å². The van der Waals surface area contributed by atoms with Crippen molar-refractivity contribution in [1.29, 1.82) is 0 Å². The number of carbonyl (C=O) groups is 1. The molecule has 0 aromatic heterocycles. The van der Waals surface area contributed by atoms with Gasteiger partial charge in [0.25, 0.3) is 5.69 Å². The van der Waals surface area contributed by atoms with Crippen molar-refractivity contribution in [3.05, 3.63) is 33.9 Å². The van der Waals surface area contributed by atoms with Crippen LogP contribution in [0.1, 0.15) is 31.2 Å². The third-order valence-corrected chi connectivity index (χ3v) is 6.27. The molecule has 2 aliphatic heterocycles. The number of halogens is 3. The summed E-state index contributed by atoms with van der Waals surface area (Å²) in [6.07, 6.45) is -1.71. The largest absolute Gasteiger partial charge is 0.416 e. The molecule has 0 spiro atoms. The van der Waals surface area contributed by atoms with Crippen LogP contribution in [0.3, 0.4) is 0 Å². The number of alkyl halides is 3. The molecule has 1 amide bonds. The number of nitro benzene ring substituents is 1. The first-order chi connectivity index (χ1) is 14.1. The predicted molar refractivity (Wildman–Crippen MR) is 106 cm³/mol. The van der Waals surface area contributed by atoms with Gasteiger partial charge in [-0.3, -0.25) is 14.9 Å². The molecule has 1 aromatic carbocycles. The maximum absolute atomic E-state index is 12.9. The van der Waals surface area contributed by atoms with Crippen LogP contribution < -0.4 is 4.90 Å². The van der Waals surface area contributed by atoms with Crippen molar-refractivity contribution < 1.29 is 22.9 Å². The van der Waals surface area contributed by atoms with E-state index in [4.69, 9.17) is 0 Å². The van der Waals surface area contributed by atoms with E-state index in [0.717, 1.165) is 38.1 Å². The Balaban J connectivity index is 1.65. The second-order valence-corrected chi connectivity index (χ2v) is 8.20. The molecule has 0 bridgehead atoms. The van der Waals surface area contributed by atoms with Crippen LogP contribution in [0.2, 0.25) is 0 Å². The highest BCUT2D eigenvalue weighted by Gasteiger charge is 2.36. The smallest absolute Gasteiger partial charge is 0.366 e. The third kappa shape index (κ3) is 4.85. The monoisotopic (exact) mass is 428 g/mol. The van der Waals surface area contributed by atoms with Gasteiger partial charge in [-0.25, -0.2) is 0 Å². The van der Waals surface area contributed by atoms with Gasteiger partial charge in [0, 0.05) is 38.2 Å². The van der Waals surface area contributed by atoms with Crippen LogP contribution in [0.5, 0.6) is 0 Å². The molecule has 2 saturated heterocycles. The Labute approximate surface area is 173 Å². The van der Waals surface area contributed by atoms with E-state index in [-0.39, 0.29) is 23.6 Å². The molecule has 1 aromatic rings. The molecule has 10 heteroatoms. The van der Waals surface area contributed by atoms with E-state index >= 15 is 0 Å². The number of hydrogen-bond donors (Lipinski definition) is 0. The van der Waals surface area contributed by atoms with E-state index in [9.17, 15) is 28.1 Å². The summed E-state index contributed by atoms with van der Waals surface area (Å²) in [4.78, 5) is 29.3. The highest BCUT2D eigenvalue weighted by Crippen LogP contribution is 2.38. The number of amides is 1. The lowest BCUT2D eigenvalue weighted by molar-refractivity contribution is -0.384. The highest BCUT2D eigenvalue weighted by molar-refractivity contribution is 5.79. The summed E-state index contributed by atoms with van der Waals surface area (Å²) in [6, 6.07) is 2.84. The van der Waals surface area contributed by atoms with E-state index < -0.39 is 22.4 Å². The average Bonchev–Trinajstić information content (AvgIpc) is 2.72. The van der Waals surface area contributed by atoms with Gasteiger partial charge in [-0.1, -0.05) is 0 Å². The minimum atomic E-state index is -4.64. The zero-order chi connectivity index (χ0) is 22.1. The van der Waals surface area contributed by atoms with Gasteiger partial charge in [-0.05, 0) is 58.0 Å². The van der Waals surface area contributed by atoms with Crippen LogP contribution in [0.4, 0.5) is 24.5 Å². The summed E-state index contributed by atoms with van der Waals surface area (Å²) in [5, 5.41) is 11.4. The second-order valence-electron chi connectivity index (χ2n) is 8.20. The number of hydrogen-bond acceptors (Lipinski definition) is 5. The average molecular weight is 428 g/mol. The molecular formula is C20H27F3N4O3. The minimum Gasteiger partial charge on any atom is -0.366 e. The number of nitrogens with zero attached hydrogens (tertiary/aromatic N) is 4. The van der Waals surface area contributed by atoms with Gasteiger partial charge in [0.15, 0.2) is 0 Å². The molecule has 0 N–H and O–H groups in total. The van der Waals surface area contributed by atoms with E-state index in [1.165, 1.54) is 0 Å². The molecule has 0 unspecified atom stereocenters. The van der Waals surface area contributed by atoms with Crippen LogP contribution in [-0.2, 0) is 11.0 Å². The number of piperidine rings is 2. The van der Waals surface area contributed by atoms with Crippen molar-refractivity contribution in [2.24, 2.45) is 5.92 Å². The lowest BCUT2D eigenvalue weighted by atomic mass is 9.93. The Kier molecular flexibility index (Phi) is 6.54. The third-order valence-electron chi connectivity index (χ3n) is 6.27. The lowest BCUT2D eigenvalue weighted by Crippen LogP contribution is -2.48. The zero-order valence-corrected chi connectivity index (χ0v) is 17.2. The summed E-state index contributed by atoms with van der Waals surface area (Å²) in [5.74, 6) is -0.0782. The molecule has 0 atom stereocenters. The molecule has 2 heterocycles. The fraction of sp³-hybridized carbons (Fsp3) is 0.650. The summed E-state index contributed by atoms with van der Waals surface area (Å²) in [5.41, 5.74) is -1.43. The molecular weight excluding hydrogens is 401 g/mol. The van der Waals surface area contributed by atoms with Crippen molar-refractivity contribution >= 4 is 17.3 Å². The number of nitro groups is 1. The molecule has 0 aliphatic carbocycles. The van der Waals surface area contributed by atoms with Crippen LogP contribution in [-0.4, -0.2) is 66.9 Å². The van der Waals surface area contributed by atoms with Gasteiger partial charge in [-0.15, -0.1) is 0 Å². The summed E-state index contributed by atoms with van der Waals surface area (Å²) in [7, 11) is 3.90. The predicted octanol–water partition coefficient (Wildman–Crippen LogP) is 3.38. The SMILES string of the molecule is CN1CCC(N(C)C(=O)C2CCN(c3ccc(C(F)(F)F)cc3[N+](=O)[O-])CC2)CC1. The fourth-order valence-electron chi connectivity index (χ4n) is 4.33. The number of anilines is 1. The molecule has 166 valence electrons. The molecule has 0 saturated carbocycles. The molecule has 7 nitrogen and oxygen atoms in total. The first-order valence-corrected chi connectivity index (χ1v) is 10.1. The van der Waals surface area contributed by atoms with Crippen molar-refractivity contribution in [3.8, 4) is 0 Å². The molecule has 30 heavy (non-hydrogen) atoms. The van der Waals surface area contributed by atoms with Crippen LogP contribution in [0.15, 0.2) is 18.2 Å². The zero-order valence-electron chi connectivity index (χ0n) is 17.2. The van der Waals surface area contributed by atoms with Gasteiger partial charge < -0.3 is 14.7 Å². The van der Waals surface area contributed by atoms with Crippen LogP contribution in [0, 0.1) is 16.0 Å². The van der Waals surface area contributed by atoms with Crippen molar-refractivity contribution in [3.63, 3.8) is 0 Å². The standard InChI is InChI=1S/C20H27F3N4O3/c1-24-9-7-16(8-10-24)25(2)19(28)14-5-11-26(12-6-14)17-4-3-15(20(21,22)23)13-18(17)27(29)30/h3-4,13-14,16H,5-12H2,1-2H3. The van der Waals surface area contributed by atoms with Crippen molar-refractivity contribution in [1.82, 2.24) is 9.80 Å². The first-order valence-electron chi connectivity index (χ1n) is 10.1. The summed E-state index contributed by atoms with van der Waals surface area (Å²) in [6.45, 7) is 2.70. The normalized spacial score (nSPS) is 19.7. The van der Waals surface area contributed by atoms with Gasteiger partial charge >= 0.3 is 6.18 Å². The molecule has 3 rings (SSSR count). The number of rotatable bonds is 4. The first kappa shape index (κ1) is 22.3. The Bertz CT molecular complexity index is 786. The number of carbonyl (C=O) groups excluding carboxylic acids is 1.